The molecule has 9 heteroatoms. The van der Waals surface area contributed by atoms with Gasteiger partial charge in [0.1, 0.15) is 12.3 Å². The molecule has 0 bridgehead atoms. The third-order valence-electron chi connectivity index (χ3n) is 6.79. The molecule has 1 saturated carbocycles. The molecule has 35 heavy (non-hydrogen) atoms. The SMILES string of the molecule is O=C(Nc1nc(C(=O)NCC2CCCC2C(=O)O)cs1)OCC1c2ccccc2-c2ccccc21. The Kier molecular flexibility index (Phi) is 6.50. The molecule has 0 aliphatic heterocycles. The van der Waals surface area contributed by atoms with E-state index < -0.39 is 23.9 Å². The van der Waals surface area contributed by atoms with Gasteiger partial charge in [0, 0.05) is 17.8 Å². The van der Waals surface area contributed by atoms with Gasteiger partial charge in [0.2, 0.25) is 0 Å². The van der Waals surface area contributed by atoms with Crippen LogP contribution in [0.4, 0.5) is 9.93 Å². The summed E-state index contributed by atoms with van der Waals surface area (Å²) in [6.07, 6.45) is 1.63. The number of fused-ring (bicyclic) bond motifs is 3. The highest BCUT2D eigenvalue weighted by Gasteiger charge is 2.33. The molecule has 1 aromatic heterocycles. The van der Waals surface area contributed by atoms with Gasteiger partial charge in [0.05, 0.1) is 5.92 Å². The van der Waals surface area contributed by atoms with Gasteiger partial charge < -0.3 is 15.2 Å². The molecular formula is C26H25N3O5S. The van der Waals surface area contributed by atoms with Crippen LogP contribution in [0.2, 0.25) is 0 Å². The normalized spacial score (nSPS) is 18.5. The lowest BCUT2D eigenvalue weighted by Crippen LogP contribution is -2.33. The van der Waals surface area contributed by atoms with Crippen molar-refractivity contribution in [1.82, 2.24) is 10.3 Å². The lowest BCUT2D eigenvalue weighted by Gasteiger charge is -2.15. The number of aliphatic carboxylic acids is 1. The molecule has 3 aromatic rings. The number of rotatable bonds is 7. The topological polar surface area (TPSA) is 118 Å². The molecule has 2 aliphatic carbocycles. The molecule has 5 rings (SSSR count). The molecule has 2 aromatic carbocycles. The van der Waals surface area contributed by atoms with E-state index >= 15 is 0 Å². The Hall–Kier alpha value is -3.72. The van der Waals surface area contributed by atoms with Gasteiger partial charge in [-0.25, -0.2) is 9.78 Å². The Morgan fingerprint density at radius 1 is 1.03 bits per heavy atom. The number of ether oxygens (including phenoxy) is 1. The van der Waals surface area contributed by atoms with Crippen LogP contribution in [0.3, 0.4) is 0 Å². The van der Waals surface area contributed by atoms with Crippen molar-refractivity contribution in [2.75, 3.05) is 18.5 Å². The molecule has 0 spiro atoms. The van der Waals surface area contributed by atoms with Crippen molar-refractivity contribution in [2.45, 2.75) is 25.2 Å². The smallest absolute Gasteiger partial charge is 0.413 e. The standard InChI is InChI=1S/C26H25N3O5S/c30-23(27-12-15-6-5-11-16(15)24(31)32)22-14-35-25(28-22)29-26(33)34-13-21-19-9-3-1-7-17(19)18-8-2-4-10-20(18)21/h1-4,7-10,14-16,21H,5-6,11-13H2,(H,27,30)(H,31,32)(H,28,29,33). The number of amides is 2. The first kappa shape index (κ1) is 23.0. The van der Waals surface area contributed by atoms with Crippen molar-refractivity contribution in [1.29, 1.82) is 0 Å². The molecule has 1 fully saturated rings. The highest BCUT2D eigenvalue weighted by molar-refractivity contribution is 7.14. The van der Waals surface area contributed by atoms with Crippen LogP contribution >= 0.6 is 11.3 Å². The summed E-state index contributed by atoms with van der Waals surface area (Å²) in [7, 11) is 0. The maximum Gasteiger partial charge on any atom is 0.413 e. The summed E-state index contributed by atoms with van der Waals surface area (Å²) in [6.45, 7) is 0.479. The minimum Gasteiger partial charge on any atom is -0.481 e. The first-order chi connectivity index (χ1) is 17.0. The number of carbonyl (C=O) groups is 3. The summed E-state index contributed by atoms with van der Waals surface area (Å²) < 4.78 is 5.52. The number of carboxylic acid groups (broad SMARTS) is 1. The van der Waals surface area contributed by atoms with E-state index in [2.05, 4.69) is 39.9 Å². The fourth-order valence-electron chi connectivity index (χ4n) is 5.08. The van der Waals surface area contributed by atoms with E-state index in [1.54, 1.807) is 5.38 Å². The summed E-state index contributed by atoms with van der Waals surface area (Å²) in [4.78, 5) is 40.4. The van der Waals surface area contributed by atoms with E-state index in [0.717, 1.165) is 46.4 Å². The Morgan fingerprint density at radius 3 is 2.40 bits per heavy atom. The zero-order valence-corrected chi connectivity index (χ0v) is 19.7. The van der Waals surface area contributed by atoms with Crippen LogP contribution in [-0.4, -0.2) is 41.2 Å². The van der Waals surface area contributed by atoms with E-state index in [1.807, 2.05) is 24.3 Å². The van der Waals surface area contributed by atoms with Gasteiger partial charge in [-0.1, -0.05) is 55.0 Å². The average Bonchev–Trinajstić information content (AvgIpc) is 3.59. The highest BCUT2D eigenvalue weighted by atomic mass is 32.1. The van der Waals surface area contributed by atoms with Gasteiger partial charge in [0.15, 0.2) is 5.13 Å². The lowest BCUT2D eigenvalue weighted by atomic mass is 9.96. The van der Waals surface area contributed by atoms with Crippen molar-refractivity contribution in [3.8, 4) is 11.1 Å². The average molecular weight is 492 g/mol. The second kappa shape index (κ2) is 9.87. The fraction of sp³-hybridized carbons (Fsp3) is 0.308. The Balaban J connectivity index is 1.15. The predicted molar refractivity (Wildman–Crippen MR) is 132 cm³/mol. The monoisotopic (exact) mass is 491 g/mol. The number of aromatic nitrogens is 1. The molecule has 2 atom stereocenters. The molecule has 1 heterocycles. The number of hydrogen-bond acceptors (Lipinski definition) is 6. The van der Waals surface area contributed by atoms with Gasteiger partial charge in [0.25, 0.3) is 5.91 Å². The number of thiazole rings is 1. The predicted octanol–water partition coefficient (Wildman–Crippen LogP) is 4.73. The van der Waals surface area contributed by atoms with Crippen LogP contribution in [0.5, 0.6) is 0 Å². The van der Waals surface area contributed by atoms with Gasteiger partial charge >= 0.3 is 12.1 Å². The largest absolute Gasteiger partial charge is 0.481 e. The third kappa shape index (κ3) is 4.77. The Morgan fingerprint density at radius 2 is 1.71 bits per heavy atom. The minimum atomic E-state index is -0.815. The second-order valence-corrected chi connectivity index (χ2v) is 9.69. The molecular weight excluding hydrogens is 466 g/mol. The van der Waals surface area contributed by atoms with Crippen molar-refractivity contribution in [2.24, 2.45) is 11.8 Å². The van der Waals surface area contributed by atoms with Crippen LogP contribution < -0.4 is 10.6 Å². The Bertz CT molecular complexity index is 1230. The molecule has 3 N–H and O–H groups in total. The number of anilines is 1. The maximum absolute atomic E-state index is 12.5. The molecule has 0 saturated heterocycles. The van der Waals surface area contributed by atoms with E-state index in [1.165, 1.54) is 0 Å². The van der Waals surface area contributed by atoms with E-state index in [9.17, 15) is 19.5 Å². The molecule has 2 amide bonds. The summed E-state index contributed by atoms with van der Waals surface area (Å²) in [5, 5.41) is 16.5. The van der Waals surface area contributed by atoms with Crippen molar-refractivity contribution < 1.29 is 24.2 Å². The first-order valence-corrected chi connectivity index (χ1v) is 12.5. The number of carbonyl (C=O) groups excluding carboxylic acids is 2. The van der Waals surface area contributed by atoms with Gasteiger partial charge in [-0.15, -0.1) is 11.3 Å². The zero-order valence-electron chi connectivity index (χ0n) is 18.9. The second-order valence-electron chi connectivity index (χ2n) is 8.83. The molecule has 2 aliphatic rings. The maximum atomic E-state index is 12.5. The first-order valence-electron chi connectivity index (χ1n) is 11.6. The van der Waals surface area contributed by atoms with E-state index in [-0.39, 0.29) is 29.3 Å². The number of nitrogens with one attached hydrogen (secondary N) is 2. The third-order valence-corrected chi connectivity index (χ3v) is 7.55. The number of nitrogens with zero attached hydrogens (tertiary/aromatic N) is 1. The van der Waals surface area contributed by atoms with E-state index in [4.69, 9.17) is 4.74 Å². The zero-order chi connectivity index (χ0) is 24.4. The van der Waals surface area contributed by atoms with Gasteiger partial charge in [-0.2, -0.15) is 0 Å². The molecule has 0 radical (unpaired) electrons. The summed E-state index contributed by atoms with van der Waals surface area (Å²) in [6, 6.07) is 16.2. The fourth-order valence-corrected chi connectivity index (χ4v) is 5.75. The number of carboxylic acids is 1. The highest BCUT2D eigenvalue weighted by Crippen LogP contribution is 2.44. The van der Waals surface area contributed by atoms with E-state index in [0.29, 0.717) is 13.0 Å². The van der Waals surface area contributed by atoms with Crippen molar-refractivity contribution in [3.05, 3.63) is 70.7 Å². The van der Waals surface area contributed by atoms with Gasteiger partial charge in [-0.05, 0) is 41.0 Å². The molecule has 180 valence electrons. The van der Waals surface area contributed by atoms with Crippen LogP contribution in [-0.2, 0) is 9.53 Å². The summed E-state index contributed by atoms with van der Waals surface area (Å²) in [5.74, 6) is -1.75. The van der Waals surface area contributed by atoms with Crippen LogP contribution in [0.1, 0.15) is 46.8 Å². The number of benzene rings is 2. The summed E-state index contributed by atoms with van der Waals surface area (Å²) in [5.41, 5.74) is 4.73. The summed E-state index contributed by atoms with van der Waals surface area (Å²) >= 11 is 1.13. The minimum absolute atomic E-state index is 0.0454. The van der Waals surface area contributed by atoms with Crippen LogP contribution in [0, 0.1) is 11.8 Å². The van der Waals surface area contributed by atoms with Crippen LogP contribution in [0.15, 0.2) is 53.9 Å². The quantitative estimate of drug-likeness (QED) is 0.440. The molecule has 2 unspecified atom stereocenters. The number of hydrogen-bond donors (Lipinski definition) is 3. The van der Waals surface area contributed by atoms with Gasteiger partial charge in [-0.3, -0.25) is 14.9 Å². The lowest BCUT2D eigenvalue weighted by molar-refractivity contribution is -0.142. The van der Waals surface area contributed by atoms with Crippen molar-refractivity contribution >= 4 is 34.4 Å². The Labute approximate surface area is 206 Å². The van der Waals surface area contributed by atoms with Crippen LogP contribution in [0.25, 0.3) is 11.1 Å². The van der Waals surface area contributed by atoms with Crippen molar-refractivity contribution in [3.63, 3.8) is 0 Å². The molecule has 8 nitrogen and oxygen atoms in total.